The highest BCUT2D eigenvalue weighted by molar-refractivity contribution is 5.88. The molecule has 0 radical (unpaired) electrons. The van der Waals surface area contributed by atoms with Crippen molar-refractivity contribution >= 4 is 17.7 Å². The van der Waals surface area contributed by atoms with Gasteiger partial charge >= 0.3 is 12.1 Å². The lowest BCUT2D eigenvalue weighted by molar-refractivity contribution is 0.0505. The van der Waals surface area contributed by atoms with Crippen molar-refractivity contribution in [2.75, 3.05) is 5.32 Å². The van der Waals surface area contributed by atoms with Gasteiger partial charge in [0.2, 0.25) is 0 Å². The van der Waals surface area contributed by atoms with Crippen LogP contribution in [0.25, 0.3) is 0 Å². The number of hydrogen-bond acceptors (Lipinski definition) is 4. The predicted molar refractivity (Wildman–Crippen MR) is 87.8 cm³/mol. The molecule has 0 aromatic heterocycles. The van der Waals surface area contributed by atoms with E-state index in [-0.39, 0.29) is 17.6 Å². The van der Waals surface area contributed by atoms with Crippen molar-refractivity contribution in [1.82, 2.24) is 5.32 Å². The Hall–Kier alpha value is -2.24. The summed E-state index contributed by atoms with van der Waals surface area (Å²) in [6, 6.07) is 7.04. The molecule has 0 spiro atoms. The van der Waals surface area contributed by atoms with Gasteiger partial charge in [-0.2, -0.15) is 0 Å². The van der Waals surface area contributed by atoms with E-state index in [2.05, 4.69) is 10.6 Å². The zero-order chi connectivity index (χ0) is 17.0. The van der Waals surface area contributed by atoms with Crippen LogP contribution in [0, 0.1) is 0 Å². The van der Waals surface area contributed by atoms with Gasteiger partial charge in [-0.15, -0.1) is 0 Å². The molecule has 2 unspecified atom stereocenters. The maximum absolute atomic E-state index is 11.8. The number of amides is 1. The third-order valence-electron chi connectivity index (χ3n) is 3.63. The van der Waals surface area contributed by atoms with Crippen LogP contribution in [0.5, 0.6) is 0 Å². The second-order valence-electron chi connectivity index (χ2n) is 6.88. The van der Waals surface area contributed by atoms with Gasteiger partial charge in [0, 0.05) is 17.8 Å². The number of aromatic carboxylic acids is 1. The highest BCUT2D eigenvalue weighted by atomic mass is 16.6. The number of benzene rings is 1. The summed E-state index contributed by atoms with van der Waals surface area (Å²) in [5.41, 5.74) is 0.543. The zero-order valence-corrected chi connectivity index (χ0v) is 13.8. The molecule has 2 atom stereocenters. The van der Waals surface area contributed by atoms with Crippen molar-refractivity contribution in [2.24, 2.45) is 0 Å². The van der Waals surface area contributed by atoms with Crippen molar-refractivity contribution in [3.8, 4) is 0 Å². The molecule has 0 heterocycles. The molecule has 1 amide bonds. The number of anilines is 1. The number of carbonyl (C=O) groups excluding carboxylic acids is 1. The van der Waals surface area contributed by atoms with E-state index in [1.165, 1.54) is 0 Å². The summed E-state index contributed by atoms with van der Waals surface area (Å²) in [6.45, 7) is 5.50. The summed E-state index contributed by atoms with van der Waals surface area (Å²) < 4.78 is 5.26. The van der Waals surface area contributed by atoms with E-state index in [1.807, 2.05) is 26.8 Å². The first-order valence-corrected chi connectivity index (χ1v) is 7.82. The number of carboxylic acid groups (broad SMARTS) is 1. The normalized spacial score (nSPS) is 20.8. The van der Waals surface area contributed by atoms with Crippen LogP contribution in [-0.2, 0) is 4.74 Å². The Bertz CT molecular complexity index is 580. The van der Waals surface area contributed by atoms with Crippen LogP contribution in [0.15, 0.2) is 24.3 Å². The largest absolute Gasteiger partial charge is 0.478 e. The second-order valence-corrected chi connectivity index (χ2v) is 6.88. The van der Waals surface area contributed by atoms with Gasteiger partial charge in [-0.25, -0.2) is 9.59 Å². The van der Waals surface area contributed by atoms with E-state index in [1.54, 1.807) is 18.2 Å². The van der Waals surface area contributed by atoms with Gasteiger partial charge in [-0.05, 0) is 58.2 Å². The summed E-state index contributed by atoms with van der Waals surface area (Å²) in [6.07, 6.45) is 2.18. The maximum atomic E-state index is 11.8. The topological polar surface area (TPSA) is 87.7 Å². The molecule has 2 rings (SSSR count). The quantitative estimate of drug-likeness (QED) is 0.792. The number of carbonyl (C=O) groups is 2. The molecule has 0 saturated heterocycles. The smallest absolute Gasteiger partial charge is 0.407 e. The van der Waals surface area contributed by atoms with Crippen molar-refractivity contribution in [3.05, 3.63) is 29.8 Å². The van der Waals surface area contributed by atoms with E-state index < -0.39 is 17.7 Å². The van der Waals surface area contributed by atoms with Gasteiger partial charge in [-0.3, -0.25) is 0 Å². The molecule has 126 valence electrons. The SMILES string of the molecule is CC(C)(C)OC(=O)NC1CCC(Nc2cccc(C(=O)O)c2)C1. The van der Waals surface area contributed by atoms with Gasteiger partial charge in [0.05, 0.1) is 5.56 Å². The van der Waals surface area contributed by atoms with Crippen molar-refractivity contribution in [1.29, 1.82) is 0 Å². The van der Waals surface area contributed by atoms with Crippen molar-refractivity contribution < 1.29 is 19.4 Å². The Morgan fingerprint density at radius 1 is 1.22 bits per heavy atom. The fourth-order valence-electron chi connectivity index (χ4n) is 2.70. The Labute approximate surface area is 136 Å². The van der Waals surface area contributed by atoms with Gasteiger partial charge in [-0.1, -0.05) is 6.07 Å². The van der Waals surface area contributed by atoms with Crippen LogP contribution in [-0.4, -0.2) is 34.9 Å². The molecular weight excluding hydrogens is 296 g/mol. The van der Waals surface area contributed by atoms with Crippen molar-refractivity contribution in [2.45, 2.75) is 57.7 Å². The van der Waals surface area contributed by atoms with Gasteiger partial charge in [0.15, 0.2) is 0 Å². The van der Waals surface area contributed by atoms with E-state index in [0.29, 0.717) is 0 Å². The summed E-state index contributed by atoms with van der Waals surface area (Å²) in [5.74, 6) is -0.940. The van der Waals surface area contributed by atoms with Gasteiger partial charge in [0.25, 0.3) is 0 Å². The Kier molecular flexibility index (Phi) is 5.13. The minimum Gasteiger partial charge on any atom is -0.478 e. The Morgan fingerprint density at radius 3 is 2.57 bits per heavy atom. The number of alkyl carbamates (subject to hydrolysis) is 1. The van der Waals surface area contributed by atoms with Crippen LogP contribution < -0.4 is 10.6 Å². The van der Waals surface area contributed by atoms with Crippen LogP contribution >= 0.6 is 0 Å². The monoisotopic (exact) mass is 320 g/mol. The Morgan fingerprint density at radius 2 is 1.91 bits per heavy atom. The first-order chi connectivity index (χ1) is 10.7. The fourth-order valence-corrected chi connectivity index (χ4v) is 2.70. The van der Waals surface area contributed by atoms with E-state index in [9.17, 15) is 9.59 Å². The van der Waals surface area contributed by atoms with Crippen LogP contribution in [0.1, 0.15) is 50.4 Å². The molecule has 1 saturated carbocycles. The zero-order valence-electron chi connectivity index (χ0n) is 13.8. The van der Waals surface area contributed by atoms with Crippen LogP contribution in [0.3, 0.4) is 0 Å². The molecular formula is C17H24N2O4. The average Bonchev–Trinajstić information content (AvgIpc) is 2.83. The highest BCUT2D eigenvalue weighted by Gasteiger charge is 2.27. The first-order valence-electron chi connectivity index (χ1n) is 7.82. The van der Waals surface area contributed by atoms with Crippen LogP contribution in [0.4, 0.5) is 10.5 Å². The molecule has 1 aromatic carbocycles. The third-order valence-corrected chi connectivity index (χ3v) is 3.63. The molecule has 0 bridgehead atoms. The molecule has 0 aliphatic heterocycles. The third kappa shape index (κ3) is 5.47. The minimum atomic E-state index is -0.940. The maximum Gasteiger partial charge on any atom is 0.407 e. The summed E-state index contributed by atoms with van der Waals surface area (Å²) in [4.78, 5) is 22.8. The lowest BCUT2D eigenvalue weighted by Crippen LogP contribution is -2.38. The average molecular weight is 320 g/mol. The van der Waals surface area contributed by atoms with E-state index >= 15 is 0 Å². The molecule has 3 N–H and O–H groups in total. The lowest BCUT2D eigenvalue weighted by atomic mass is 10.1. The predicted octanol–water partition coefficient (Wildman–Crippen LogP) is 3.24. The molecule has 23 heavy (non-hydrogen) atoms. The summed E-state index contributed by atoms with van der Waals surface area (Å²) in [7, 11) is 0. The van der Waals surface area contributed by atoms with E-state index in [4.69, 9.17) is 9.84 Å². The van der Waals surface area contributed by atoms with Gasteiger partial charge < -0.3 is 20.5 Å². The van der Waals surface area contributed by atoms with Crippen LogP contribution in [0.2, 0.25) is 0 Å². The highest BCUT2D eigenvalue weighted by Crippen LogP contribution is 2.24. The number of carboxylic acids is 1. The number of rotatable bonds is 4. The minimum absolute atomic E-state index is 0.0741. The standard InChI is InChI=1S/C17H24N2O4/c1-17(2,3)23-16(22)19-14-8-7-13(10-14)18-12-6-4-5-11(9-12)15(20)21/h4-6,9,13-14,18H,7-8,10H2,1-3H3,(H,19,22)(H,20,21). The molecule has 1 fully saturated rings. The van der Waals surface area contributed by atoms with Gasteiger partial charge in [0.1, 0.15) is 5.60 Å². The first kappa shape index (κ1) is 17.1. The molecule has 1 aliphatic rings. The summed E-state index contributed by atoms with van der Waals surface area (Å²) in [5, 5.41) is 15.2. The number of ether oxygens (including phenoxy) is 1. The van der Waals surface area contributed by atoms with E-state index in [0.717, 1.165) is 24.9 Å². The molecule has 1 aromatic rings. The van der Waals surface area contributed by atoms with Crippen molar-refractivity contribution in [3.63, 3.8) is 0 Å². The number of nitrogens with one attached hydrogen (secondary N) is 2. The number of hydrogen-bond donors (Lipinski definition) is 3. The molecule has 1 aliphatic carbocycles. The fraction of sp³-hybridized carbons (Fsp3) is 0.529. The lowest BCUT2D eigenvalue weighted by Gasteiger charge is -2.22. The second kappa shape index (κ2) is 6.89. The summed E-state index contributed by atoms with van der Waals surface area (Å²) >= 11 is 0. The molecule has 6 heteroatoms. The Balaban J connectivity index is 1.85. The molecule has 6 nitrogen and oxygen atoms in total.